The Morgan fingerprint density at radius 3 is 2.52 bits per heavy atom. The van der Waals surface area contributed by atoms with Gasteiger partial charge in [0.15, 0.2) is 0 Å². The molecule has 0 saturated carbocycles. The van der Waals surface area contributed by atoms with Gasteiger partial charge in [-0.15, -0.1) is 0 Å². The zero-order chi connectivity index (χ0) is 18.0. The molecule has 1 N–H and O–H groups in total. The van der Waals surface area contributed by atoms with Crippen molar-refractivity contribution in [3.8, 4) is 5.75 Å². The van der Waals surface area contributed by atoms with Crippen molar-refractivity contribution < 1.29 is 14.3 Å². The van der Waals surface area contributed by atoms with E-state index in [1.54, 1.807) is 24.1 Å². The molecule has 3 rings (SSSR count). The number of ether oxygens (including phenoxy) is 1. The predicted octanol–water partition coefficient (Wildman–Crippen LogP) is 3.30. The summed E-state index contributed by atoms with van der Waals surface area (Å²) in [6.07, 6.45) is 0.216. The molecule has 130 valence electrons. The van der Waals surface area contributed by atoms with Crippen LogP contribution in [0, 0.1) is 19.8 Å². The molecule has 2 aromatic carbocycles. The number of carbonyl (C=O) groups is 2. The molecule has 1 saturated heterocycles. The third kappa shape index (κ3) is 3.65. The third-order valence-corrected chi connectivity index (χ3v) is 4.38. The summed E-state index contributed by atoms with van der Waals surface area (Å²) in [5.74, 6) is 0.0412. The third-order valence-electron chi connectivity index (χ3n) is 4.38. The molecule has 1 atom stereocenters. The highest BCUT2D eigenvalue weighted by atomic mass is 16.5. The lowest BCUT2D eigenvalue weighted by Gasteiger charge is -2.18. The molecule has 0 aromatic heterocycles. The molecule has 1 heterocycles. The van der Waals surface area contributed by atoms with E-state index in [1.165, 1.54) is 0 Å². The van der Waals surface area contributed by atoms with E-state index in [9.17, 15) is 9.59 Å². The van der Waals surface area contributed by atoms with Gasteiger partial charge in [0.1, 0.15) is 5.75 Å². The minimum absolute atomic E-state index is 0.0230. The second-order valence-corrected chi connectivity index (χ2v) is 6.44. The van der Waals surface area contributed by atoms with Crippen molar-refractivity contribution >= 4 is 23.2 Å². The maximum Gasteiger partial charge on any atom is 0.229 e. The molecule has 1 fully saturated rings. The Morgan fingerprint density at radius 2 is 1.84 bits per heavy atom. The first-order valence-corrected chi connectivity index (χ1v) is 8.30. The molecule has 2 aromatic rings. The number of hydrogen-bond donors (Lipinski definition) is 1. The van der Waals surface area contributed by atoms with Crippen LogP contribution in [0.5, 0.6) is 5.75 Å². The average molecular weight is 338 g/mol. The maximum atomic E-state index is 12.6. The summed E-state index contributed by atoms with van der Waals surface area (Å²) in [6.45, 7) is 4.40. The molecule has 0 spiro atoms. The smallest absolute Gasteiger partial charge is 0.229 e. The van der Waals surface area contributed by atoms with Crippen molar-refractivity contribution in [3.05, 3.63) is 53.6 Å². The van der Waals surface area contributed by atoms with Crippen LogP contribution in [0.15, 0.2) is 42.5 Å². The average Bonchev–Trinajstić information content (AvgIpc) is 2.96. The lowest BCUT2D eigenvalue weighted by atomic mass is 10.1. The predicted molar refractivity (Wildman–Crippen MR) is 98.0 cm³/mol. The fraction of sp³-hybridized carbons (Fsp3) is 0.300. The lowest BCUT2D eigenvalue weighted by Crippen LogP contribution is -2.28. The first-order chi connectivity index (χ1) is 12.0. The number of benzene rings is 2. The van der Waals surface area contributed by atoms with Crippen LogP contribution in [-0.2, 0) is 9.59 Å². The molecule has 1 aliphatic rings. The molecule has 0 bridgehead atoms. The molecule has 1 aliphatic heterocycles. The van der Waals surface area contributed by atoms with Crippen molar-refractivity contribution in [3.63, 3.8) is 0 Å². The Bertz CT molecular complexity index is 796. The van der Waals surface area contributed by atoms with E-state index in [0.29, 0.717) is 18.0 Å². The van der Waals surface area contributed by atoms with Gasteiger partial charge in [-0.05, 0) is 49.2 Å². The van der Waals surface area contributed by atoms with Gasteiger partial charge in [-0.1, -0.05) is 18.2 Å². The second-order valence-electron chi connectivity index (χ2n) is 6.44. The summed E-state index contributed by atoms with van der Waals surface area (Å²) in [5.41, 5.74) is 3.68. The Balaban J connectivity index is 1.74. The zero-order valence-corrected chi connectivity index (χ0v) is 14.7. The summed E-state index contributed by atoms with van der Waals surface area (Å²) in [5, 5.41) is 2.88. The summed E-state index contributed by atoms with van der Waals surface area (Å²) in [4.78, 5) is 26.7. The highest BCUT2D eigenvalue weighted by Gasteiger charge is 2.35. The minimum Gasteiger partial charge on any atom is -0.495 e. The van der Waals surface area contributed by atoms with E-state index in [4.69, 9.17) is 4.74 Å². The zero-order valence-electron chi connectivity index (χ0n) is 14.7. The molecule has 2 amide bonds. The normalized spacial score (nSPS) is 16.8. The number of methoxy groups -OCH3 is 1. The van der Waals surface area contributed by atoms with Gasteiger partial charge in [0.2, 0.25) is 11.8 Å². The fourth-order valence-corrected chi connectivity index (χ4v) is 3.22. The summed E-state index contributed by atoms with van der Waals surface area (Å²) >= 11 is 0. The van der Waals surface area contributed by atoms with Crippen LogP contribution < -0.4 is 15.0 Å². The lowest BCUT2D eigenvalue weighted by molar-refractivity contribution is -0.122. The number of amides is 2. The second kappa shape index (κ2) is 6.97. The number of anilines is 2. The van der Waals surface area contributed by atoms with Crippen molar-refractivity contribution in [1.82, 2.24) is 0 Å². The van der Waals surface area contributed by atoms with E-state index in [-0.39, 0.29) is 24.2 Å². The fourth-order valence-electron chi connectivity index (χ4n) is 3.22. The monoisotopic (exact) mass is 338 g/mol. The number of nitrogens with one attached hydrogen (secondary N) is 1. The van der Waals surface area contributed by atoms with Crippen molar-refractivity contribution in [2.45, 2.75) is 20.3 Å². The summed E-state index contributed by atoms with van der Waals surface area (Å²) < 4.78 is 5.25. The molecule has 25 heavy (non-hydrogen) atoms. The molecule has 5 heteroatoms. The van der Waals surface area contributed by atoms with Crippen LogP contribution in [0.3, 0.4) is 0 Å². The topological polar surface area (TPSA) is 58.6 Å². The SMILES string of the molecule is COc1ccccc1NC(=O)C1CC(=O)N(c2cc(C)cc(C)c2)C1. The molecule has 0 aliphatic carbocycles. The standard InChI is InChI=1S/C20H22N2O3/c1-13-8-14(2)10-16(9-13)22-12-15(11-19(22)23)20(24)21-17-6-4-5-7-18(17)25-3/h4-10,15H,11-12H2,1-3H3,(H,21,24). The van der Waals surface area contributed by atoms with E-state index >= 15 is 0 Å². The van der Waals surface area contributed by atoms with Gasteiger partial charge < -0.3 is 15.0 Å². The molecular formula is C20H22N2O3. The molecule has 1 unspecified atom stereocenters. The highest BCUT2D eigenvalue weighted by molar-refractivity contribution is 6.04. The van der Waals surface area contributed by atoms with E-state index < -0.39 is 0 Å². The quantitative estimate of drug-likeness (QED) is 0.930. The largest absolute Gasteiger partial charge is 0.495 e. The number of hydrogen-bond acceptors (Lipinski definition) is 3. The summed E-state index contributed by atoms with van der Waals surface area (Å²) in [7, 11) is 1.56. The van der Waals surface area contributed by atoms with E-state index in [2.05, 4.69) is 11.4 Å². The van der Waals surface area contributed by atoms with Crippen LogP contribution in [0.4, 0.5) is 11.4 Å². The Labute approximate surface area is 147 Å². The molecule has 5 nitrogen and oxygen atoms in total. The first kappa shape index (κ1) is 17.0. The van der Waals surface area contributed by atoms with Gasteiger partial charge in [-0.25, -0.2) is 0 Å². The Hall–Kier alpha value is -2.82. The number of carbonyl (C=O) groups excluding carboxylic acids is 2. The van der Waals surface area contributed by atoms with Gasteiger partial charge in [0, 0.05) is 18.7 Å². The number of para-hydroxylation sites is 2. The van der Waals surface area contributed by atoms with Gasteiger partial charge in [-0.2, -0.15) is 0 Å². The van der Waals surface area contributed by atoms with Crippen molar-refractivity contribution in [2.24, 2.45) is 5.92 Å². The van der Waals surface area contributed by atoms with Crippen LogP contribution in [-0.4, -0.2) is 25.5 Å². The van der Waals surface area contributed by atoms with E-state index in [0.717, 1.165) is 16.8 Å². The highest BCUT2D eigenvalue weighted by Crippen LogP contribution is 2.29. The Morgan fingerprint density at radius 1 is 1.16 bits per heavy atom. The van der Waals surface area contributed by atoms with Crippen molar-refractivity contribution in [1.29, 1.82) is 0 Å². The van der Waals surface area contributed by atoms with Crippen LogP contribution in [0.2, 0.25) is 0 Å². The van der Waals surface area contributed by atoms with Gasteiger partial charge in [0.05, 0.1) is 18.7 Å². The number of aryl methyl sites for hydroxylation is 2. The van der Waals surface area contributed by atoms with Gasteiger partial charge >= 0.3 is 0 Å². The first-order valence-electron chi connectivity index (χ1n) is 8.30. The van der Waals surface area contributed by atoms with Crippen LogP contribution in [0.1, 0.15) is 17.5 Å². The summed E-state index contributed by atoms with van der Waals surface area (Å²) in [6, 6.07) is 13.3. The minimum atomic E-state index is -0.377. The van der Waals surface area contributed by atoms with Gasteiger partial charge in [-0.3, -0.25) is 9.59 Å². The van der Waals surface area contributed by atoms with Gasteiger partial charge in [0.25, 0.3) is 0 Å². The van der Waals surface area contributed by atoms with Crippen molar-refractivity contribution in [2.75, 3.05) is 23.9 Å². The molecular weight excluding hydrogens is 316 g/mol. The Kier molecular flexibility index (Phi) is 4.74. The maximum absolute atomic E-state index is 12.6. The van der Waals surface area contributed by atoms with Crippen LogP contribution >= 0.6 is 0 Å². The number of nitrogens with zero attached hydrogens (tertiary/aromatic N) is 1. The van der Waals surface area contributed by atoms with E-state index in [1.807, 2.05) is 38.1 Å². The molecule has 0 radical (unpaired) electrons. The number of rotatable bonds is 4. The van der Waals surface area contributed by atoms with Crippen LogP contribution in [0.25, 0.3) is 0 Å².